The Balaban J connectivity index is 2.17. The molecular formula is C24H36O2. The Morgan fingerprint density at radius 2 is 2.04 bits per heavy atom. The number of phenolic OH excluding ortho intramolecular Hbond substituents is 1. The van der Waals surface area contributed by atoms with E-state index in [0.29, 0.717) is 30.3 Å². The normalized spacial score (nSPS) is 21.0. The molecule has 0 spiro atoms. The third-order valence-corrected chi connectivity index (χ3v) is 6.15. The number of Topliss-reactive ketones (excluding diaryl/α,β-unsaturated/α-hetero) is 1. The molecule has 1 aliphatic rings. The summed E-state index contributed by atoms with van der Waals surface area (Å²) < 4.78 is 0. The Morgan fingerprint density at radius 3 is 2.69 bits per heavy atom. The predicted octanol–water partition coefficient (Wildman–Crippen LogP) is 6.67. The highest BCUT2D eigenvalue weighted by atomic mass is 16.3. The summed E-state index contributed by atoms with van der Waals surface area (Å²) in [6, 6.07) is 6.18. The van der Waals surface area contributed by atoms with E-state index in [9.17, 15) is 9.90 Å². The number of allylic oxidation sites excluding steroid dienone is 1. The highest BCUT2D eigenvalue weighted by Gasteiger charge is 2.32. The van der Waals surface area contributed by atoms with E-state index in [1.165, 1.54) is 31.2 Å². The lowest BCUT2D eigenvalue weighted by atomic mass is 9.72. The number of phenols is 1. The van der Waals surface area contributed by atoms with Gasteiger partial charge in [-0.15, -0.1) is 6.58 Å². The third kappa shape index (κ3) is 5.22. The maximum absolute atomic E-state index is 12.0. The first-order valence-electron chi connectivity index (χ1n) is 10.3. The van der Waals surface area contributed by atoms with Crippen molar-refractivity contribution in [3.05, 3.63) is 42.0 Å². The highest BCUT2D eigenvalue weighted by Crippen LogP contribution is 2.43. The Bertz CT molecular complexity index is 615. The van der Waals surface area contributed by atoms with Gasteiger partial charge < -0.3 is 5.11 Å². The van der Waals surface area contributed by atoms with Crippen LogP contribution in [0.25, 0.3) is 0 Å². The van der Waals surface area contributed by atoms with E-state index in [4.69, 9.17) is 0 Å². The van der Waals surface area contributed by atoms with Crippen molar-refractivity contribution in [1.29, 1.82) is 0 Å². The van der Waals surface area contributed by atoms with Gasteiger partial charge in [-0.3, -0.25) is 4.79 Å². The van der Waals surface area contributed by atoms with Crippen LogP contribution in [0.4, 0.5) is 0 Å². The van der Waals surface area contributed by atoms with Gasteiger partial charge in [-0.05, 0) is 53.7 Å². The van der Waals surface area contributed by atoms with Crippen molar-refractivity contribution < 1.29 is 9.90 Å². The number of aromatic hydroxyl groups is 1. The molecule has 0 aliphatic heterocycles. The van der Waals surface area contributed by atoms with Crippen LogP contribution in [0.2, 0.25) is 0 Å². The number of rotatable bonds is 9. The summed E-state index contributed by atoms with van der Waals surface area (Å²) in [7, 11) is 0. The quantitative estimate of drug-likeness (QED) is 0.396. The predicted molar refractivity (Wildman–Crippen MR) is 110 cm³/mol. The summed E-state index contributed by atoms with van der Waals surface area (Å²) in [6.45, 7) is 10.6. The van der Waals surface area contributed by atoms with Gasteiger partial charge in [-0.1, -0.05) is 64.7 Å². The van der Waals surface area contributed by atoms with Crippen molar-refractivity contribution in [1.82, 2.24) is 0 Å². The van der Waals surface area contributed by atoms with E-state index in [0.717, 1.165) is 24.8 Å². The van der Waals surface area contributed by atoms with Gasteiger partial charge >= 0.3 is 0 Å². The van der Waals surface area contributed by atoms with Gasteiger partial charge in [0.2, 0.25) is 0 Å². The molecule has 2 rings (SSSR count). The van der Waals surface area contributed by atoms with Crippen molar-refractivity contribution >= 4 is 5.78 Å². The minimum atomic E-state index is 0.0622. The average Bonchev–Trinajstić information content (AvgIpc) is 2.60. The van der Waals surface area contributed by atoms with Crippen LogP contribution < -0.4 is 0 Å². The smallest absolute Gasteiger partial charge is 0.133 e. The largest absolute Gasteiger partial charge is 0.508 e. The SMILES string of the molecule is C=CCC1CCC(=O)CC1c1ccc(C(C)(C)CCCCCC)cc1O. The van der Waals surface area contributed by atoms with Gasteiger partial charge in [-0.25, -0.2) is 0 Å². The van der Waals surface area contributed by atoms with Crippen molar-refractivity contribution in [2.45, 2.75) is 89.9 Å². The number of hydrogen-bond donors (Lipinski definition) is 1. The van der Waals surface area contributed by atoms with Crippen molar-refractivity contribution in [2.24, 2.45) is 5.92 Å². The van der Waals surface area contributed by atoms with E-state index in [-0.39, 0.29) is 11.3 Å². The number of carbonyl (C=O) groups is 1. The topological polar surface area (TPSA) is 37.3 Å². The van der Waals surface area contributed by atoms with Crippen LogP contribution in [0.1, 0.15) is 95.6 Å². The molecule has 0 heterocycles. The van der Waals surface area contributed by atoms with Crippen LogP contribution >= 0.6 is 0 Å². The number of carbonyl (C=O) groups excluding carboxylic acids is 1. The van der Waals surface area contributed by atoms with E-state index in [2.05, 4.69) is 39.5 Å². The third-order valence-electron chi connectivity index (χ3n) is 6.15. The van der Waals surface area contributed by atoms with Crippen LogP contribution in [0, 0.1) is 5.92 Å². The van der Waals surface area contributed by atoms with Gasteiger partial charge in [0, 0.05) is 12.8 Å². The van der Waals surface area contributed by atoms with Crippen molar-refractivity contribution in [3.8, 4) is 5.75 Å². The van der Waals surface area contributed by atoms with Crippen molar-refractivity contribution in [2.75, 3.05) is 0 Å². The molecular weight excluding hydrogens is 320 g/mol. The highest BCUT2D eigenvalue weighted by molar-refractivity contribution is 5.80. The molecule has 1 aromatic rings. The fourth-order valence-electron chi connectivity index (χ4n) is 4.34. The summed E-state index contributed by atoms with van der Waals surface area (Å²) in [5.41, 5.74) is 2.19. The van der Waals surface area contributed by atoms with E-state index < -0.39 is 0 Å². The first kappa shape index (κ1) is 20.7. The van der Waals surface area contributed by atoms with Gasteiger partial charge in [0.1, 0.15) is 11.5 Å². The molecule has 2 nitrogen and oxygen atoms in total. The van der Waals surface area contributed by atoms with Gasteiger partial charge in [0.05, 0.1) is 0 Å². The standard InChI is InChI=1S/C24H36O2/c1-5-7-8-9-15-24(3,4)19-12-14-21(23(26)16-19)22-17-20(25)13-11-18(22)10-6-2/h6,12,14,16,18,22,26H,2,5,7-11,13,15,17H2,1,3-4H3. The first-order chi connectivity index (χ1) is 12.4. The number of hydrogen-bond acceptors (Lipinski definition) is 2. The summed E-state index contributed by atoms with van der Waals surface area (Å²) in [4.78, 5) is 12.0. The molecule has 1 aliphatic carbocycles. The minimum Gasteiger partial charge on any atom is -0.508 e. The zero-order chi connectivity index (χ0) is 19.2. The number of benzene rings is 1. The molecule has 1 saturated carbocycles. The van der Waals surface area contributed by atoms with Crippen LogP contribution in [0.5, 0.6) is 5.75 Å². The molecule has 1 N–H and O–H groups in total. The lowest BCUT2D eigenvalue weighted by molar-refractivity contribution is -0.121. The zero-order valence-electron chi connectivity index (χ0n) is 16.9. The summed E-state index contributed by atoms with van der Waals surface area (Å²) in [6.07, 6.45) is 11.1. The molecule has 0 bridgehead atoms. The van der Waals surface area contributed by atoms with Crippen molar-refractivity contribution in [3.63, 3.8) is 0 Å². The zero-order valence-corrected chi connectivity index (χ0v) is 16.9. The molecule has 0 amide bonds. The fourth-order valence-corrected chi connectivity index (χ4v) is 4.34. The summed E-state index contributed by atoms with van der Waals surface area (Å²) in [5.74, 6) is 1.20. The number of unbranched alkanes of at least 4 members (excludes halogenated alkanes) is 3. The summed E-state index contributed by atoms with van der Waals surface area (Å²) >= 11 is 0. The van der Waals surface area contributed by atoms with E-state index in [1.807, 2.05) is 12.1 Å². The molecule has 0 radical (unpaired) electrons. The maximum Gasteiger partial charge on any atom is 0.133 e. The Morgan fingerprint density at radius 1 is 1.27 bits per heavy atom. The molecule has 1 fully saturated rings. The van der Waals surface area contributed by atoms with Crippen LogP contribution in [0.3, 0.4) is 0 Å². The second kappa shape index (κ2) is 9.39. The lowest BCUT2D eigenvalue weighted by Crippen LogP contribution is -2.23. The Kier molecular flexibility index (Phi) is 7.49. The molecule has 0 saturated heterocycles. The molecule has 26 heavy (non-hydrogen) atoms. The molecule has 1 aromatic carbocycles. The lowest BCUT2D eigenvalue weighted by Gasteiger charge is -2.32. The summed E-state index contributed by atoms with van der Waals surface area (Å²) in [5, 5.41) is 10.8. The average molecular weight is 357 g/mol. The van der Waals surface area contributed by atoms with Crippen LogP contribution in [-0.4, -0.2) is 10.9 Å². The minimum absolute atomic E-state index is 0.0622. The molecule has 2 heteroatoms. The van der Waals surface area contributed by atoms with E-state index in [1.54, 1.807) is 0 Å². The van der Waals surface area contributed by atoms with Gasteiger partial charge in [0.25, 0.3) is 0 Å². The van der Waals surface area contributed by atoms with Gasteiger partial charge in [-0.2, -0.15) is 0 Å². The fraction of sp³-hybridized carbons (Fsp3) is 0.625. The maximum atomic E-state index is 12.0. The van der Waals surface area contributed by atoms with E-state index >= 15 is 0 Å². The number of ketones is 1. The van der Waals surface area contributed by atoms with Crippen LogP contribution in [0.15, 0.2) is 30.9 Å². The molecule has 2 unspecified atom stereocenters. The molecule has 144 valence electrons. The first-order valence-corrected chi connectivity index (χ1v) is 10.3. The monoisotopic (exact) mass is 356 g/mol. The Hall–Kier alpha value is -1.57. The van der Waals surface area contributed by atoms with Crippen LogP contribution in [-0.2, 0) is 10.2 Å². The van der Waals surface area contributed by atoms with Gasteiger partial charge in [0.15, 0.2) is 0 Å². The second-order valence-corrected chi connectivity index (χ2v) is 8.64. The molecule has 0 aromatic heterocycles. The second-order valence-electron chi connectivity index (χ2n) is 8.64. The molecule has 2 atom stereocenters. The Labute approximate surface area is 159 Å².